The number of hydrogen-bond acceptors (Lipinski definition) is 5. The lowest BCUT2D eigenvalue weighted by Gasteiger charge is -2.41. The molecule has 0 aromatic carbocycles. The van der Waals surface area contributed by atoms with Gasteiger partial charge in [-0.3, -0.25) is 4.98 Å². The highest BCUT2D eigenvalue weighted by atomic mass is 32.2. The predicted octanol–water partition coefficient (Wildman–Crippen LogP) is 2.35. The van der Waals surface area contributed by atoms with Gasteiger partial charge in [0.25, 0.3) is 0 Å². The Morgan fingerprint density at radius 3 is 2.77 bits per heavy atom. The molecule has 7 heteroatoms. The molecular weight excluding hydrogens is 352 g/mol. The molecule has 1 saturated carbocycles. The molecule has 2 saturated heterocycles. The van der Waals surface area contributed by atoms with Crippen molar-refractivity contribution in [3.05, 3.63) is 30.1 Å². The van der Waals surface area contributed by atoms with E-state index < -0.39 is 10.0 Å². The summed E-state index contributed by atoms with van der Waals surface area (Å²) in [6.45, 7) is 3.27. The van der Waals surface area contributed by atoms with E-state index in [0.29, 0.717) is 32.2 Å². The molecule has 1 spiro atoms. The van der Waals surface area contributed by atoms with Gasteiger partial charge in [0, 0.05) is 38.7 Å². The Morgan fingerprint density at radius 1 is 1.27 bits per heavy atom. The second-order valence-corrected chi connectivity index (χ2v) is 9.96. The molecule has 1 atom stereocenters. The number of rotatable bonds is 7. The quantitative estimate of drug-likeness (QED) is 0.679. The first-order valence-corrected chi connectivity index (χ1v) is 11.2. The van der Waals surface area contributed by atoms with Crippen LogP contribution < -0.4 is 0 Å². The number of hydrogen-bond donors (Lipinski definition) is 0. The second-order valence-electron chi connectivity index (χ2n) is 7.74. The van der Waals surface area contributed by atoms with Crippen molar-refractivity contribution in [2.75, 3.05) is 26.3 Å². The van der Waals surface area contributed by atoms with Crippen LogP contribution in [0.2, 0.25) is 0 Å². The normalized spacial score (nSPS) is 26.4. The van der Waals surface area contributed by atoms with Crippen molar-refractivity contribution in [2.24, 2.45) is 5.92 Å². The SMILES string of the molecule is O=S(=O)(C1CC1)N1CCC2(CC1)OCC[C@H]2CCOCc1cccnc1. The molecule has 0 bridgehead atoms. The molecule has 26 heavy (non-hydrogen) atoms. The van der Waals surface area contributed by atoms with Crippen molar-refractivity contribution in [3.63, 3.8) is 0 Å². The second kappa shape index (κ2) is 7.54. The minimum absolute atomic E-state index is 0.113. The van der Waals surface area contributed by atoms with Crippen LogP contribution in [0.3, 0.4) is 0 Å². The first kappa shape index (κ1) is 18.3. The summed E-state index contributed by atoms with van der Waals surface area (Å²) in [6, 6.07) is 3.94. The van der Waals surface area contributed by atoms with Crippen molar-refractivity contribution < 1.29 is 17.9 Å². The average molecular weight is 381 g/mol. The summed E-state index contributed by atoms with van der Waals surface area (Å²) < 4.78 is 38.6. The third-order valence-electron chi connectivity index (χ3n) is 6.08. The molecule has 0 amide bonds. The molecule has 4 rings (SSSR count). The van der Waals surface area contributed by atoms with Gasteiger partial charge < -0.3 is 9.47 Å². The molecule has 2 aliphatic heterocycles. The molecule has 144 valence electrons. The number of ether oxygens (including phenoxy) is 2. The first-order chi connectivity index (χ1) is 12.6. The van der Waals surface area contributed by atoms with E-state index in [9.17, 15) is 8.42 Å². The fourth-order valence-corrected chi connectivity index (χ4v) is 6.19. The van der Waals surface area contributed by atoms with Gasteiger partial charge in [-0.2, -0.15) is 0 Å². The molecule has 3 fully saturated rings. The van der Waals surface area contributed by atoms with E-state index >= 15 is 0 Å². The summed E-state index contributed by atoms with van der Waals surface area (Å²) >= 11 is 0. The summed E-state index contributed by atoms with van der Waals surface area (Å²) in [7, 11) is -3.06. The van der Waals surface area contributed by atoms with Gasteiger partial charge in [-0.25, -0.2) is 12.7 Å². The van der Waals surface area contributed by atoms with Crippen LogP contribution in [0, 0.1) is 5.92 Å². The predicted molar refractivity (Wildman–Crippen MR) is 98.0 cm³/mol. The first-order valence-electron chi connectivity index (χ1n) is 9.70. The number of pyridine rings is 1. The monoisotopic (exact) mass is 380 g/mol. The van der Waals surface area contributed by atoms with Gasteiger partial charge in [-0.1, -0.05) is 6.07 Å². The number of sulfonamides is 1. The van der Waals surface area contributed by atoms with Crippen LogP contribution in [-0.4, -0.2) is 54.9 Å². The lowest BCUT2D eigenvalue weighted by Crippen LogP contribution is -2.50. The van der Waals surface area contributed by atoms with Crippen LogP contribution in [0.15, 0.2) is 24.5 Å². The lowest BCUT2D eigenvalue weighted by molar-refractivity contribution is -0.0618. The van der Waals surface area contributed by atoms with Gasteiger partial charge in [-0.05, 0) is 56.1 Å². The van der Waals surface area contributed by atoms with Crippen LogP contribution in [0.25, 0.3) is 0 Å². The Kier molecular flexibility index (Phi) is 5.32. The highest BCUT2D eigenvalue weighted by Gasteiger charge is 2.49. The molecule has 6 nitrogen and oxygen atoms in total. The highest BCUT2D eigenvalue weighted by Crippen LogP contribution is 2.44. The fraction of sp³-hybridized carbons (Fsp3) is 0.737. The summed E-state index contributed by atoms with van der Waals surface area (Å²) in [5.41, 5.74) is 0.941. The lowest BCUT2D eigenvalue weighted by atomic mass is 9.78. The maximum Gasteiger partial charge on any atom is 0.216 e. The van der Waals surface area contributed by atoms with E-state index in [2.05, 4.69) is 4.98 Å². The van der Waals surface area contributed by atoms with Crippen molar-refractivity contribution >= 4 is 10.0 Å². The van der Waals surface area contributed by atoms with E-state index in [1.54, 1.807) is 10.5 Å². The summed E-state index contributed by atoms with van der Waals surface area (Å²) in [4.78, 5) is 4.10. The minimum atomic E-state index is -3.06. The molecular formula is C19H28N2O4S. The average Bonchev–Trinajstić information content (AvgIpc) is 3.45. The van der Waals surface area contributed by atoms with Gasteiger partial charge in [0.2, 0.25) is 10.0 Å². The van der Waals surface area contributed by atoms with Crippen LogP contribution in [0.1, 0.15) is 44.1 Å². The van der Waals surface area contributed by atoms with Gasteiger partial charge >= 0.3 is 0 Å². The Labute approximate surface area is 155 Å². The van der Waals surface area contributed by atoms with Gasteiger partial charge in [0.15, 0.2) is 0 Å². The zero-order valence-corrected chi connectivity index (χ0v) is 16.0. The van der Waals surface area contributed by atoms with Crippen molar-refractivity contribution in [3.8, 4) is 0 Å². The molecule has 0 N–H and O–H groups in total. The Morgan fingerprint density at radius 2 is 2.08 bits per heavy atom. The molecule has 3 heterocycles. The van der Waals surface area contributed by atoms with E-state index in [-0.39, 0.29) is 10.9 Å². The third kappa shape index (κ3) is 3.81. The highest BCUT2D eigenvalue weighted by molar-refractivity contribution is 7.90. The van der Waals surface area contributed by atoms with Gasteiger partial charge in [-0.15, -0.1) is 0 Å². The van der Waals surface area contributed by atoms with Crippen LogP contribution >= 0.6 is 0 Å². The zero-order chi connectivity index (χ0) is 18.0. The van der Waals surface area contributed by atoms with Crippen LogP contribution in [0.4, 0.5) is 0 Å². The molecule has 1 aromatic rings. The van der Waals surface area contributed by atoms with E-state index in [0.717, 1.165) is 50.7 Å². The standard InChI is InChI=1S/C19H28N2O4S/c22-26(23,18-3-4-18)21-10-7-19(8-11-21)17(6-13-25-19)5-12-24-15-16-2-1-9-20-14-16/h1-2,9,14,17-18H,3-8,10-13,15H2/t17-/m1/s1. The van der Waals surface area contributed by atoms with Gasteiger partial charge in [0.05, 0.1) is 17.5 Å². The summed E-state index contributed by atoms with van der Waals surface area (Å²) in [5, 5.41) is -0.113. The topological polar surface area (TPSA) is 68.7 Å². The molecule has 1 aliphatic carbocycles. The molecule has 1 aromatic heterocycles. The van der Waals surface area contributed by atoms with Crippen molar-refractivity contribution in [1.82, 2.24) is 9.29 Å². The van der Waals surface area contributed by atoms with Crippen molar-refractivity contribution in [1.29, 1.82) is 0 Å². The van der Waals surface area contributed by atoms with Crippen LogP contribution in [0.5, 0.6) is 0 Å². The number of aromatic nitrogens is 1. The summed E-state index contributed by atoms with van der Waals surface area (Å²) in [6.07, 6.45) is 8.89. The molecule has 3 aliphatic rings. The third-order valence-corrected chi connectivity index (χ3v) is 8.48. The van der Waals surface area contributed by atoms with Crippen molar-refractivity contribution in [2.45, 2.75) is 56.0 Å². The summed E-state index contributed by atoms with van der Waals surface area (Å²) in [5.74, 6) is 0.460. The maximum atomic E-state index is 12.4. The maximum absolute atomic E-state index is 12.4. The smallest absolute Gasteiger partial charge is 0.216 e. The van der Waals surface area contributed by atoms with E-state index in [1.165, 1.54) is 0 Å². The van der Waals surface area contributed by atoms with Crippen LogP contribution in [-0.2, 0) is 26.1 Å². The van der Waals surface area contributed by atoms with E-state index in [4.69, 9.17) is 9.47 Å². The Balaban J connectivity index is 1.27. The fourth-order valence-electron chi connectivity index (χ4n) is 4.34. The number of piperidine rings is 1. The van der Waals surface area contributed by atoms with Gasteiger partial charge in [0.1, 0.15) is 0 Å². The minimum Gasteiger partial charge on any atom is -0.377 e. The van der Waals surface area contributed by atoms with E-state index in [1.807, 2.05) is 18.3 Å². The Bertz CT molecular complexity index is 698. The largest absolute Gasteiger partial charge is 0.377 e. The zero-order valence-electron chi connectivity index (χ0n) is 15.2. The number of nitrogens with zero attached hydrogens (tertiary/aromatic N) is 2. The molecule has 0 unspecified atom stereocenters. The molecule has 0 radical (unpaired) electrons. The Hall–Kier alpha value is -1.02.